The topological polar surface area (TPSA) is 171 Å². The number of carbonyl (C=O) groups excluding carboxylic acids is 4. The molecule has 18 heteroatoms. The number of hydrogen-bond acceptors (Lipinski definition) is 10. The molecule has 10 rings (SSSR count). The van der Waals surface area contributed by atoms with Crippen molar-refractivity contribution in [2.45, 2.75) is 124 Å². The van der Waals surface area contributed by atoms with Crippen LogP contribution in [0, 0.1) is 45.9 Å². The smallest absolute Gasteiger partial charge is 0.418 e. The van der Waals surface area contributed by atoms with Gasteiger partial charge in [-0.15, -0.1) is 0 Å². The van der Waals surface area contributed by atoms with Crippen LogP contribution in [0.15, 0.2) is 97.1 Å². The van der Waals surface area contributed by atoms with Crippen molar-refractivity contribution in [1.29, 1.82) is 10.5 Å². The summed E-state index contributed by atoms with van der Waals surface area (Å²) in [5.74, 6) is -4.07. The molecule has 4 aromatic carbocycles. The van der Waals surface area contributed by atoms with E-state index in [1.165, 1.54) is 12.1 Å². The molecule has 0 aromatic heterocycles. The van der Waals surface area contributed by atoms with Crippen molar-refractivity contribution in [2.24, 2.45) is 0 Å². The number of piperidine rings is 2. The number of ether oxygens (including phenoxy) is 2. The molecule has 4 heterocycles. The van der Waals surface area contributed by atoms with Gasteiger partial charge in [-0.25, -0.2) is 46.5 Å². The Bertz CT molecular complexity index is 2570. The van der Waals surface area contributed by atoms with Gasteiger partial charge in [-0.3, -0.25) is 9.80 Å². The number of rotatable bonds is 8. The van der Waals surface area contributed by atoms with E-state index in [1.807, 2.05) is 60.7 Å². The van der Waals surface area contributed by atoms with Crippen LogP contribution in [0.4, 0.5) is 36.7 Å². The number of hydrogen-bond donors (Lipinski definition) is 2. The molecule has 0 spiro atoms. The van der Waals surface area contributed by atoms with Gasteiger partial charge in [-0.1, -0.05) is 72.8 Å². The number of benzene rings is 4. The first-order valence-corrected chi connectivity index (χ1v) is 25.6. The van der Waals surface area contributed by atoms with Crippen LogP contribution >= 0.6 is 0 Å². The summed E-state index contributed by atoms with van der Waals surface area (Å²) in [6, 6.07) is 29.3. The van der Waals surface area contributed by atoms with Crippen LogP contribution in [0.1, 0.15) is 111 Å². The van der Waals surface area contributed by atoms with Gasteiger partial charge in [0.05, 0.1) is 23.0 Å². The SMILES string of the molecule is N#CC1(c2ccccc2)CCC(N2CCCC(NC(=O)N3C(=O)OCC3c3ccc(F)c(F)c3)C2)CC1.N#CC1(c2ccccc2)CCC(N2CCCC(NC(=O)N3C(=O)OCC3c3ccc(F)c(F)c3)C2)CC1. The summed E-state index contributed by atoms with van der Waals surface area (Å²) >= 11 is 0. The number of carbonyl (C=O) groups is 4. The van der Waals surface area contributed by atoms with Gasteiger partial charge < -0.3 is 20.1 Å². The Balaban J connectivity index is 0.000000182. The molecule has 0 radical (unpaired) electrons. The number of nitriles is 2. The lowest BCUT2D eigenvalue weighted by Crippen LogP contribution is -2.55. The van der Waals surface area contributed by atoms with Gasteiger partial charge in [0.25, 0.3) is 0 Å². The minimum atomic E-state index is -1.04. The first kappa shape index (κ1) is 51.9. The molecule has 14 nitrogen and oxygen atoms in total. The van der Waals surface area contributed by atoms with Crippen LogP contribution in [0.3, 0.4) is 0 Å². The highest BCUT2D eigenvalue weighted by molar-refractivity contribution is 5.93. The zero-order valence-electron chi connectivity index (χ0n) is 41.1. The summed E-state index contributed by atoms with van der Waals surface area (Å²) in [5.41, 5.74) is 1.84. The third-order valence-electron chi connectivity index (χ3n) is 16.1. The van der Waals surface area contributed by atoms with Gasteiger partial charge in [-0.05, 0) is 137 Å². The van der Waals surface area contributed by atoms with Crippen LogP contribution in [0.5, 0.6) is 0 Å². The number of imide groups is 2. The molecule has 2 N–H and O–H groups in total. The fraction of sp³-hybridized carbons (Fsp3) is 0.464. The average Bonchev–Trinajstić information content (AvgIpc) is 4.03. The van der Waals surface area contributed by atoms with E-state index < -0.39 is 70.4 Å². The molecule has 4 atom stereocenters. The lowest BCUT2D eigenvalue weighted by molar-refractivity contribution is 0.0970. The molecule has 4 saturated heterocycles. The molecular formula is C56H60F4N8O6. The van der Waals surface area contributed by atoms with Crippen molar-refractivity contribution in [3.8, 4) is 12.1 Å². The average molecular weight is 1020 g/mol. The lowest BCUT2D eigenvalue weighted by Gasteiger charge is -2.43. The molecule has 6 amide bonds. The van der Waals surface area contributed by atoms with Crippen molar-refractivity contribution in [1.82, 2.24) is 30.2 Å². The highest BCUT2D eigenvalue weighted by Gasteiger charge is 2.45. The van der Waals surface area contributed by atoms with E-state index in [0.29, 0.717) is 36.3 Å². The summed E-state index contributed by atoms with van der Waals surface area (Å²) < 4.78 is 64.4. The Hall–Kier alpha value is -7.02. The maximum Gasteiger partial charge on any atom is 0.418 e. The third-order valence-corrected chi connectivity index (χ3v) is 16.1. The number of cyclic esters (lactones) is 2. The molecule has 4 unspecified atom stereocenters. The van der Waals surface area contributed by atoms with E-state index in [9.17, 15) is 47.3 Å². The Morgan fingerprint density at radius 1 is 0.541 bits per heavy atom. The molecule has 388 valence electrons. The summed E-state index contributed by atoms with van der Waals surface area (Å²) in [5, 5.41) is 25.9. The Morgan fingerprint density at radius 3 is 1.27 bits per heavy atom. The van der Waals surface area contributed by atoms with E-state index in [1.54, 1.807) is 0 Å². The molecule has 4 aliphatic heterocycles. The van der Waals surface area contributed by atoms with E-state index >= 15 is 0 Å². The van der Waals surface area contributed by atoms with Crippen molar-refractivity contribution in [2.75, 3.05) is 39.4 Å². The van der Waals surface area contributed by atoms with Crippen LogP contribution in [0.25, 0.3) is 0 Å². The number of halogens is 4. The van der Waals surface area contributed by atoms with Crippen LogP contribution < -0.4 is 10.6 Å². The van der Waals surface area contributed by atoms with Crippen molar-refractivity contribution in [3.63, 3.8) is 0 Å². The standard InChI is InChI=1S/2C28H30F2N4O3/c2*29-23-9-8-19(15-24(23)30)25-17-37-27(36)34(25)26(35)32-21-7-4-14-33(16-21)22-10-12-28(18-31,13-11-22)20-5-2-1-3-6-20/h2*1-3,5-6,8-9,15,21-22,25H,4,7,10-14,16-17H2,(H,32,35). The largest absolute Gasteiger partial charge is 0.446 e. The lowest BCUT2D eigenvalue weighted by atomic mass is 9.69. The van der Waals surface area contributed by atoms with Gasteiger partial charge in [0.2, 0.25) is 0 Å². The van der Waals surface area contributed by atoms with E-state index in [4.69, 9.17) is 9.47 Å². The van der Waals surface area contributed by atoms with Gasteiger partial charge in [0, 0.05) is 37.3 Å². The second-order valence-corrected chi connectivity index (χ2v) is 20.4. The normalized spacial score (nSPS) is 28.4. The quantitative estimate of drug-likeness (QED) is 0.162. The van der Waals surface area contributed by atoms with Crippen LogP contribution in [0.2, 0.25) is 0 Å². The highest BCUT2D eigenvalue weighted by atomic mass is 19.2. The van der Waals surface area contributed by atoms with Crippen LogP contribution in [-0.2, 0) is 20.3 Å². The zero-order valence-corrected chi connectivity index (χ0v) is 41.1. The number of nitrogens with zero attached hydrogens (tertiary/aromatic N) is 6. The predicted molar refractivity (Wildman–Crippen MR) is 263 cm³/mol. The highest BCUT2D eigenvalue weighted by Crippen LogP contribution is 2.43. The second kappa shape index (κ2) is 22.6. The molecule has 6 aliphatic rings. The van der Waals surface area contributed by atoms with Gasteiger partial charge in [0.1, 0.15) is 25.3 Å². The monoisotopic (exact) mass is 1020 g/mol. The number of amides is 6. The Kier molecular flexibility index (Phi) is 15.9. The number of nitrogens with one attached hydrogen (secondary N) is 2. The fourth-order valence-electron chi connectivity index (χ4n) is 12.0. The summed E-state index contributed by atoms with van der Waals surface area (Å²) in [6.07, 6.45) is 8.53. The fourth-order valence-corrected chi connectivity index (χ4v) is 12.0. The first-order valence-electron chi connectivity index (χ1n) is 25.6. The third kappa shape index (κ3) is 11.1. The minimum absolute atomic E-state index is 0.113. The maximum absolute atomic E-state index is 13.8. The minimum Gasteiger partial charge on any atom is -0.446 e. The van der Waals surface area contributed by atoms with E-state index in [2.05, 4.69) is 32.6 Å². The first-order chi connectivity index (χ1) is 35.8. The number of likely N-dealkylation sites (tertiary alicyclic amines) is 2. The predicted octanol–water partition coefficient (Wildman–Crippen LogP) is 10.1. The Morgan fingerprint density at radius 2 is 0.919 bits per heavy atom. The number of urea groups is 2. The molecule has 2 saturated carbocycles. The van der Waals surface area contributed by atoms with Gasteiger partial charge in [0.15, 0.2) is 23.3 Å². The molecule has 4 aromatic rings. The summed E-state index contributed by atoms with van der Waals surface area (Å²) in [6.45, 7) is 2.92. The van der Waals surface area contributed by atoms with E-state index in [0.717, 1.165) is 135 Å². The summed E-state index contributed by atoms with van der Waals surface area (Å²) in [4.78, 5) is 57.6. The van der Waals surface area contributed by atoms with Gasteiger partial charge >= 0.3 is 24.2 Å². The zero-order chi connectivity index (χ0) is 52.0. The molecule has 6 fully saturated rings. The maximum atomic E-state index is 13.8. The Labute approximate surface area is 428 Å². The van der Waals surface area contributed by atoms with Crippen molar-refractivity contribution in [3.05, 3.63) is 143 Å². The second-order valence-electron chi connectivity index (χ2n) is 20.4. The van der Waals surface area contributed by atoms with Crippen LogP contribution in [-0.4, -0.2) is 107 Å². The molecule has 0 bridgehead atoms. The van der Waals surface area contributed by atoms with Crippen molar-refractivity contribution >= 4 is 24.2 Å². The molecule has 74 heavy (non-hydrogen) atoms. The van der Waals surface area contributed by atoms with Crippen molar-refractivity contribution < 1.29 is 46.2 Å². The molecular weight excluding hydrogens is 957 g/mol. The summed E-state index contributed by atoms with van der Waals surface area (Å²) in [7, 11) is 0. The van der Waals surface area contributed by atoms with Gasteiger partial charge in [-0.2, -0.15) is 10.5 Å². The molecule has 2 aliphatic carbocycles. The van der Waals surface area contributed by atoms with E-state index in [-0.39, 0.29) is 25.3 Å².